The van der Waals surface area contributed by atoms with E-state index < -0.39 is 11.7 Å². The zero-order valence-corrected chi connectivity index (χ0v) is 7.37. The van der Waals surface area contributed by atoms with Crippen LogP contribution in [0.5, 0.6) is 0 Å². The van der Waals surface area contributed by atoms with E-state index in [2.05, 4.69) is 10.3 Å². The third-order valence-corrected chi connectivity index (χ3v) is 1.60. The van der Waals surface area contributed by atoms with Crippen molar-refractivity contribution in [1.29, 1.82) is 0 Å². The predicted molar refractivity (Wildman–Crippen MR) is 47.6 cm³/mol. The van der Waals surface area contributed by atoms with Gasteiger partial charge in [-0.15, -0.1) is 0 Å². The maximum absolute atomic E-state index is 12.8. The van der Waals surface area contributed by atoms with Crippen molar-refractivity contribution in [1.82, 2.24) is 5.32 Å². The Kier molecular flexibility index (Phi) is 3.09. The molecule has 72 valence electrons. The lowest BCUT2D eigenvalue weighted by Gasteiger charge is -2.02. The first-order chi connectivity index (χ1) is 6.69. The van der Waals surface area contributed by atoms with Crippen LogP contribution in [0.1, 0.15) is 10.4 Å². The average molecular weight is 194 g/mol. The van der Waals surface area contributed by atoms with Crippen molar-refractivity contribution in [2.45, 2.75) is 0 Å². The molecule has 0 aliphatic heterocycles. The van der Waals surface area contributed by atoms with Crippen LogP contribution in [0.15, 0.2) is 23.2 Å². The zero-order valence-electron chi connectivity index (χ0n) is 7.37. The Morgan fingerprint density at radius 1 is 1.57 bits per heavy atom. The number of nitrogens with zero attached hydrogens (tertiary/aromatic N) is 1. The molecule has 1 rings (SSSR count). The Hall–Kier alpha value is -2.00. The first-order valence-corrected chi connectivity index (χ1v) is 3.78. The van der Waals surface area contributed by atoms with Crippen LogP contribution in [0.3, 0.4) is 0 Å². The summed E-state index contributed by atoms with van der Waals surface area (Å²) in [5.74, 6) is -1.06. The number of hydrogen-bond donors (Lipinski definition) is 1. The van der Waals surface area contributed by atoms with Gasteiger partial charge in [-0.1, -0.05) is 0 Å². The Morgan fingerprint density at radius 3 is 2.86 bits per heavy atom. The summed E-state index contributed by atoms with van der Waals surface area (Å²) in [5.41, 5.74) is 0.108. The fourth-order valence-corrected chi connectivity index (χ4v) is 0.971. The Bertz CT molecular complexity index is 411. The van der Waals surface area contributed by atoms with Gasteiger partial charge in [-0.2, -0.15) is 4.99 Å². The summed E-state index contributed by atoms with van der Waals surface area (Å²) in [6, 6.07) is 3.36. The van der Waals surface area contributed by atoms with E-state index in [0.29, 0.717) is 0 Å². The number of halogens is 1. The molecule has 1 aromatic rings. The lowest BCUT2D eigenvalue weighted by atomic mass is 10.1. The molecule has 1 N–H and O–H groups in total. The number of carbonyl (C=O) groups is 1. The van der Waals surface area contributed by atoms with Gasteiger partial charge in [0.15, 0.2) is 0 Å². The molecule has 0 aliphatic carbocycles. The molecule has 0 aliphatic rings. The van der Waals surface area contributed by atoms with E-state index in [1.165, 1.54) is 19.2 Å². The fourth-order valence-electron chi connectivity index (χ4n) is 0.971. The molecule has 0 radical (unpaired) electrons. The highest BCUT2D eigenvalue weighted by Crippen LogP contribution is 2.19. The number of benzene rings is 1. The third kappa shape index (κ3) is 2.02. The number of hydrogen-bond acceptors (Lipinski definition) is 3. The van der Waals surface area contributed by atoms with E-state index in [1.807, 2.05) is 0 Å². The highest BCUT2D eigenvalue weighted by Gasteiger charge is 2.10. The van der Waals surface area contributed by atoms with E-state index in [4.69, 9.17) is 0 Å². The minimum atomic E-state index is -0.562. The zero-order chi connectivity index (χ0) is 10.6. The van der Waals surface area contributed by atoms with Crippen LogP contribution in [0.25, 0.3) is 0 Å². The second kappa shape index (κ2) is 4.30. The molecular formula is C9H7FN2O2. The second-order valence-electron chi connectivity index (χ2n) is 2.44. The fraction of sp³-hybridized carbons (Fsp3) is 0.111. The van der Waals surface area contributed by atoms with Crippen molar-refractivity contribution < 1.29 is 14.0 Å². The van der Waals surface area contributed by atoms with Gasteiger partial charge in [0.25, 0.3) is 5.91 Å². The number of amides is 1. The first-order valence-electron chi connectivity index (χ1n) is 3.78. The summed E-state index contributed by atoms with van der Waals surface area (Å²) in [6.07, 6.45) is 1.30. The molecule has 0 bridgehead atoms. The topological polar surface area (TPSA) is 58.5 Å². The van der Waals surface area contributed by atoms with Crippen molar-refractivity contribution in [3.8, 4) is 0 Å². The summed E-state index contributed by atoms with van der Waals surface area (Å²) in [5, 5.41) is 2.31. The molecule has 4 nitrogen and oxygen atoms in total. The van der Waals surface area contributed by atoms with Gasteiger partial charge in [-0.25, -0.2) is 9.18 Å². The number of isocyanates is 1. The number of rotatable bonds is 2. The largest absolute Gasteiger partial charge is 0.355 e. The van der Waals surface area contributed by atoms with Crippen molar-refractivity contribution in [3.05, 3.63) is 29.6 Å². The van der Waals surface area contributed by atoms with Gasteiger partial charge in [-0.05, 0) is 18.2 Å². The SMILES string of the molecule is CNC(=O)c1cc(F)ccc1N=C=O. The number of carbonyl (C=O) groups excluding carboxylic acids is 2. The smallest absolute Gasteiger partial charge is 0.253 e. The van der Waals surface area contributed by atoms with Crippen molar-refractivity contribution >= 4 is 17.7 Å². The molecule has 0 saturated carbocycles. The number of aliphatic imine (C=N–C) groups is 1. The first kappa shape index (κ1) is 10.1. The van der Waals surface area contributed by atoms with E-state index >= 15 is 0 Å². The minimum absolute atomic E-state index is 0.0100. The third-order valence-electron chi connectivity index (χ3n) is 1.60. The van der Waals surface area contributed by atoms with Crippen LogP contribution in [0.4, 0.5) is 10.1 Å². The molecule has 0 heterocycles. The molecule has 1 amide bonds. The van der Waals surface area contributed by atoms with E-state index in [0.717, 1.165) is 12.1 Å². The second-order valence-corrected chi connectivity index (χ2v) is 2.44. The van der Waals surface area contributed by atoms with Gasteiger partial charge in [0.1, 0.15) is 5.82 Å². The molecule has 0 atom stereocenters. The Morgan fingerprint density at radius 2 is 2.29 bits per heavy atom. The minimum Gasteiger partial charge on any atom is -0.355 e. The highest BCUT2D eigenvalue weighted by molar-refractivity contribution is 5.99. The Balaban J connectivity index is 3.28. The lowest BCUT2D eigenvalue weighted by molar-refractivity contribution is 0.0963. The molecule has 0 saturated heterocycles. The van der Waals surface area contributed by atoms with E-state index in [-0.39, 0.29) is 11.3 Å². The van der Waals surface area contributed by atoms with Gasteiger partial charge in [0.2, 0.25) is 6.08 Å². The maximum Gasteiger partial charge on any atom is 0.253 e. The van der Waals surface area contributed by atoms with Crippen LogP contribution < -0.4 is 5.32 Å². The van der Waals surface area contributed by atoms with Crippen LogP contribution in [0.2, 0.25) is 0 Å². The molecular weight excluding hydrogens is 187 g/mol. The summed E-state index contributed by atoms with van der Waals surface area (Å²) < 4.78 is 12.8. The van der Waals surface area contributed by atoms with Crippen LogP contribution in [-0.2, 0) is 4.79 Å². The van der Waals surface area contributed by atoms with Crippen molar-refractivity contribution in [2.24, 2.45) is 4.99 Å². The van der Waals surface area contributed by atoms with Gasteiger partial charge < -0.3 is 5.32 Å². The van der Waals surface area contributed by atoms with Gasteiger partial charge in [0, 0.05) is 7.05 Å². The summed E-state index contributed by atoms with van der Waals surface area (Å²) in [4.78, 5) is 24.5. The highest BCUT2D eigenvalue weighted by atomic mass is 19.1. The molecule has 5 heteroatoms. The molecule has 1 aromatic carbocycles. The van der Waals surface area contributed by atoms with Gasteiger partial charge in [-0.3, -0.25) is 4.79 Å². The quantitative estimate of drug-likeness (QED) is 0.567. The molecule has 0 aromatic heterocycles. The summed E-state index contributed by atoms with van der Waals surface area (Å²) >= 11 is 0. The lowest BCUT2D eigenvalue weighted by Crippen LogP contribution is -2.18. The van der Waals surface area contributed by atoms with E-state index in [9.17, 15) is 14.0 Å². The summed E-state index contributed by atoms with van der Waals surface area (Å²) in [6.45, 7) is 0. The molecule has 0 unspecified atom stereocenters. The predicted octanol–water partition coefficient (Wildman–Crippen LogP) is 1.15. The van der Waals surface area contributed by atoms with Gasteiger partial charge >= 0.3 is 0 Å². The Labute approximate surface area is 79.5 Å². The van der Waals surface area contributed by atoms with Gasteiger partial charge in [0.05, 0.1) is 11.3 Å². The molecule has 14 heavy (non-hydrogen) atoms. The van der Waals surface area contributed by atoms with E-state index in [1.54, 1.807) is 0 Å². The molecule has 0 spiro atoms. The van der Waals surface area contributed by atoms with Crippen LogP contribution in [0, 0.1) is 5.82 Å². The summed E-state index contributed by atoms with van der Waals surface area (Å²) in [7, 11) is 1.40. The monoisotopic (exact) mass is 194 g/mol. The normalized spacial score (nSPS) is 9.00. The maximum atomic E-state index is 12.8. The standard InChI is InChI=1S/C9H7FN2O2/c1-11-9(14)7-4-6(10)2-3-8(7)12-5-13/h2-4H,1H3,(H,11,14). The van der Waals surface area contributed by atoms with Crippen molar-refractivity contribution in [2.75, 3.05) is 7.05 Å². The number of nitrogens with one attached hydrogen (secondary N) is 1. The van der Waals surface area contributed by atoms with Crippen LogP contribution >= 0.6 is 0 Å². The van der Waals surface area contributed by atoms with Crippen LogP contribution in [-0.4, -0.2) is 19.0 Å². The van der Waals surface area contributed by atoms with Crippen molar-refractivity contribution in [3.63, 3.8) is 0 Å². The average Bonchev–Trinajstić information content (AvgIpc) is 2.20. The molecule has 0 fully saturated rings.